The van der Waals surface area contributed by atoms with E-state index in [1.54, 1.807) is 6.20 Å². The second-order valence-electron chi connectivity index (χ2n) is 4.64. The van der Waals surface area contributed by atoms with E-state index in [0.29, 0.717) is 11.7 Å². The standard InChI is InChI=1S/C12H18N2O3S/c1-14-8-4-6-12(14)10-5-3-7-13-11(10)9-17-18(2,15)16/h3,5,7,12H,4,6,8-9H2,1-2H3/t12-/m0/s1. The van der Waals surface area contributed by atoms with Crippen LogP contribution in [0.15, 0.2) is 18.3 Å². The van der Waals surface area contributed by atoms with Crippen molar-refractivity contribution in [1.29, 1.82) is 0 Å². The largest absolute Gasteiger partial charge is 0.299 e. The molecule has 1 fully saturated rings. The third-order valence-electron chi connectivity index (χ3n) is 3.21. The monoisotopic (exact) mass is 270 g/mol. The fourth-order valence-electron chi connectivity index (χ4n) is 2.34. The van der Waals surface area contributed by atoms with Crippen LogP contribution in [0, 0.1) is 0 Å². The third-order valence-corrected chi connectivity index (χ3v) is 3.76. The molecule has 0 unspecified atom stereocenters. The Bertz CT molecular complexity index is 516. The van der Waals surface area contributed by atoms with Crippen molar-refractivity contribution >= 4 is 10.1 Å². The minimum atomic E-state index is -3.43. The molecule has 2 rings (SSSR count). The van der Waals surface area contributed by atoms with Gasteiger partial charge in [-0.05, 0) is 38.1 Å². The first kappa shape index (κ1) is 13.5. The maximum absolute atomic E-state index is 11.0. The van der Waals surface area contributed by atoms with Gasteiger partial charge in [-0.2, -0.15) is 8.42 Å². The van der Waals surface area contributed by atoms with Crippen molar-refractivity contribution in [2.45, 2.75) is 25.5 Å². The molecule has 5 nitrogen and oxygen atoms in total. The van der Waals surface area contributed by atoms with E-state index < -0.39 is 10.1 Å². The minimum Gasteiger partial charge on any atom is -0.299 e. The van der Waals surface area contributed by atoms with E-state index in [1.807, 2.05) is 12.1 Å². The first-order valence-corrected chi connectivity index (χ1v) is 7.77. The summed E-state index contributed by atoms with van der Waals surface area (Å²) in [4.78, 5) is 6.51. The molecule has 0 saturated carbocycles. The number of hydrogen-bond acceptors (Lipinski definition) is 5. The molecule has 1 aromatic heterocycles. The molecule has 0 spiro atoms. The molecule has 0 bridgehead atoms. The molecule has 1 aliphatic heterocycles. The molecule has 18 heavy (non-hydrogen) atoms. The molecule has 1 saturated heterocycles. The van der Waals surface area contributed by atoms with Gasteiger partial charge in [0, 0.05) is 12.2 Å². The van der Waals surface area contributed by atoms with Gasteiger partial charge < -0.3 is 0 Å². The predicted octanol–water partition coefficient (Wildman–Crippen LogP) is 1.32. The van der Waals surface area contributed by atoms with Crippen LogP contribution >= 0.6 is 0 Å². The van der Waals surface area contributed by atoms with Gasteiger partial charge in [0.25, 0.3) is 10.1 Å². The lowest BCUT2D eigenvalue weighted by atomic mass is 10.0. The lowest BCUT2D eigenvalue weighted by molar-refractivity contribution is 0.289. The van der Waals surface area contributed by atoms with Crippen molar-refractivity contribution in [1.82, 2.24) is 9.88 Å². The Balaban J connectivity index is 2.20. The Morgan fingerprint density at radius 1 is 1.56 bits per heavy atom. The summed E-state index contributed by atoms with van der Waals surface area (Å²) in [7, 11) is -1.35. The van der Waals surface area contributed by atoms with Gasteiger partial charge in [0.05, 0.1) is 11.9 Å². The maximum Gasteiger partial charge on any atom is 0.264 e. The highest BCUT2D eigenvalue weighted by molar-refractivity contribution is 7.85. The molecular formula is C12H18N2O3S. The van der Waals surface area contributed by atoms with E-state index in [0.717, 1.165) is 31.2 Å². The second-order valence-corrected chi connectivity index (χ2v) is 6.29. The van der Waals surface area contributed by atoms with Crippen molar-refractivity contribution in [2.75, 3.05) is 19.8 Å². The molecule has 1 atom stereocenters. The molecule has 0 radical (unpaired) electrons. The van der Waals surface area contributed by atoms with Gasteiger partial charge in [-0.25, -0.2) is 0 Å². The Kier molecular flexibility index (Phi) is 3.99. The van der Waals surface area contributed by atoms with Gasteiger partial charge in [-0.15, -0.1) is 0 Å². The zero-order valence-electron chi connectivity index (χ0n) is 10.7. The number of aromatic nitrogens is 1. The Hall–Kier alpha value is -0.980. The van der Waals surface area contributed by atoms with E-state index in [1.165, 1.54) is 0 Å². The highest BCUT2D eigenvalue weighted by Crippen LogP contribution is 2.31. The van der Waals surface area contributed by atoms with Crippen LogP contribution in [0.25, 0.3) is 0 Å². The van der Waals surface area contributed by atoms with Crippen molar-refractivity contribution < 1.29 is 12.6 Å². The molecule has 100 valence electrons. The van der Waals surface area contributed by atoms with Crippen LogP contribution in [-0.4, -0.2) is 38.1 Å². The normalized spacial score (nSPS) is 21.3. The molecule has 0 aliphatic carbocycles. The lowest BCUT2D eigenvalue weighted by Gasteiger charge is -2.21. The Labute approximate surface area is 108 Å². The number of likely N-dealkylation sites (tertiary alicyclic amines) is 1. The molecular weight excluding hydrogens is 252 g/mol. The van der Waals surface area contributed by atoms with E-state index in [4.69, 9.17) is 4.18 Å². The predicted molar refractivity (Wildman–Crippen MR) is 68.5 cm³/mol. The Morgan fingerprint density at radius 3 is 2.94 bits per heavy atom. The van der Waals surface area contributed by atoms with Gasteiger partial charge in [0.1, 0.15) is 6.61 Å². The van der Waals surface area contributed by atoms with Gasteiger partial charge in [-0.3, -0.25) is 14.1 Å². The number of pyridine rings is 1. The summed E-state index contributed by atoms with van der Waals surface area (Å²) in [5.74, 6) is 0. The third kappa shape index (κ3) is 3.28. The zero-order chi connectivity index (χ0) is 13.2. The highest BCUT2D eigenvalue weighted by atomic mass is 32.2. The van der Waals surface area contributed by atoms with Crippen LogP contribution in [0.1, 0.15) is 30.1 Å². The summed E-state index contributed by atoms with van der Waals surface area (Å²) < 4.78 is 26.9. The molecule has 0 amide bonds. The highest BCUT2D eigenvalue weighted by Gasteiger charge is 2.25. The van der Waals surface area contributed by atoms with E-state index in [9.17, 15) is 8.42 Å². The maximum atomic E-state index is 11.0. The van der Waals surface area contributed by atoms with Crippen LogP contribution in [0.4, 0.5) is 0 Å². The smallest absolute Gasteiger partial charge is 0.264 e. The minimum absolute atomic E-state index is 0.0132. The Morgan fingerprint density at radius 2 is 2.33 bits per heavy atom. The summed E-state index contributed by atoms with van der Waals surface area (Å²) in [6.45, 7) is 1.07. The topological polar surface area (TPSA) is 59.5 Å². The van der Waals surface area contributed by atoms with Gasteiger partial charge in [0.15, 0.2) is 0 Å². The van der Waals surface area contributed by atoms with Gasteiger partial charge >= 0.3 is 0 Å². The summed E-state index contributed by atoms with van der Waals surface area (Å²) in [6.07, 6.45) is 4.95. The number of nitrogens with zero attached hydrogens (tertiary/aromatic N) is 2. The SMILES string of the molecule is CN1CCC[C@H]1c1cccnc1COS(C)(=O)=O. The summed E-state index contributed by atoms with van der Waals surface area (Å²) in [5, 5.41) is 0. The van der Waals surface area contributed by atoms with Crippen LogP contribution in [0.3, 0.4) is 0 Å². The fraction of sp³-hybridized carbons (Fsp3) is 0.583. The lowest BCUT2D eigenvalue weighted by Crippen LogP contribution is -2.19. The number of hydrogen-bond donors (Lipinski definition) is 0. The molecule has 0 N–H and O–H groups in total. The van der Waals surface area contributed by atoms with Gasteiger partial charge in [-0.1, -0.05) is 6.07 Å². The summed E-state index contributed by atoms with van der Waals surface area (Å²) >= 11 is 0. The fourth-order valence-corrected chi connectivity index (χ4v) is 2.67. The second kappa shape index (κ2) is 5.34. The van der Waals surface area contributed by atoms with Crippen molar-refractivity contribution in [3.05, 3.63) is 29.6 Å². The average molecular weight is 270 g/mol. The molecule has 1 aromatic rings. The van der Waals surface area contributed by atoms with Crippen LogP contribution in [0.2, 0.25) is 0 Å². The van der Waals surface area contributed by atoms with E-state index in [-0.39, 0.29) is 6.61 Å². The zero-order valence-corrected chi connectivity index (χ0v) is 11.5. The van der Waals surface area contributed by atoms with Gasteiger partial charge in [0.2, 0.25) is 0 Å². The van der Waals surface area contributed by atoms with Crippen molar-refractivity contribution in [3.63, 3.8) is 0 Å². The quantitative estimate of drug-likeness (QED) is 0.772. The molecule has 6 heteroatoms. The van der Waals surface area contributed by atoms with Crippen LogP contribution in [-0.2, 0) is 20.9 Å². The van der Waals surface area contributed by atoms with E-state index in [2.05, 4.69) is 16.9 Å². The van der Waals surface area contributed by atoms with Crippen LogP contribution < -0.4 is 0 Å². The summed E-state index contributed by atoms with van der Waals surface area (Å²) in [5.41, 5.74) is 1.78. The van der Waals surface area contributed by atoms with Crippen molar-refractivity contribution in [3.8, 4) is 0 Å². The average Bonchev–Trinajstić information content (AvgIpc) is 2.72. The first-order valence-electron chi connectivity index (χ1n) is 5.96. The molecule has 0 aromatic carbocycles. The number of rotatable bonds is 4. The van der Waals surface area contributed by atoms with Crippen LogP contribution in [0.5, 0.6) is 0 Å². The first-order chi connectivity index (χ1) is 8.47. The van der Waals surface area contributed by atoms with Crippen molar-refractivity contribution in [2.24, 2.45) is 0 Å². The summed E-state index contributed by atoms with van der Waals surface area (Å²) in [6, 6.07) is 4.20. The molecule has 1 aliphatic rings. The molecule has 2 heterocycles. The van der Waals surface area contributed by atoms with E-state index >= 15 is 0 Å².